The molecule has 2 rings (SSSR count). The van der Waals surface area contributed by atoms with Crippen LogP contribution < -0.4 is 16.0 Å². The molecule has 0 unspecified atom stereocenters. The number of hydrogen-bond acceptors (Lipinski definition) is 3. The van der Waals surface area contributed by atoms with E-state index >= 15 is 0 Å². The van der Waals surface area contributed by atoms with Crippen LogP contribution in [0.3, 0.4) is 0 Å². The molecular weight excluding hydrogens is 327 g/mol. The van der Waals surface area contributed by atoms with Crippen LogP contribution in [0.4, 0.5) is 23.7 Å². The number of carbonyl (C=O) groups excluding carboxylic acids is 2. The first-order valence-corrected chi connectivity index (χ1v) is 7.75. The number of alkyl halides is 3. The van der Waals surface area contributed by atoms with Crippen molar-refractivity contribution in [3.8, 4) is 0 Å². The van der Waals surface area contributed by atoms with Crippen LogP contribution in [-0.4, -0.2) is 40.5 Å². The van der Waals surface area contributed by atoms with Crippen LogP contribution >= 0.6 is 0 Å². The minimum atomic E-state index is -4.39. The fourth-order valence-corrected chi connectivity index (χ4v) is 2.56. The quantitative estimate of drug-likeness (QED) is 0.761. The van der Waals surface area contributed by atoms with Crippen molar-refractivity contribution < 1.29 is 22.8 Å². The smallest absolute Gasteiger partial charge is 0.352 e. The van der Waals surface area contributed by atoms with E-state index in [0.717, 1.165) is 38.1 Å². The molecule has 1 aromatic heterocycles. The van der Waals surface area contributed by atoms with Crippen molar-refractivity contribution in [2.75, 3.05) is 11.9 Å². The van der Waals surface area contributed by atoms with Crippen LogP contribution in [0.5, 0.6) is 0 Å². The van der Waals surface area contributed by atoms with Gasteiger partial charge in [0.05, 0.1) is 18.4 Å². The molecule has 1 aliphatic rings. The fourth-order valence-electron chi connectivity index (χ4n) is 2.56. The summed E-state index contributed by atoms with van der Waals surface area (Å²) in [7, 11) is 0. The summed E-state index contributed by atoms with van der Waals surface area (Å²) < 4.78 is 37.3. The summed E-state index contributed by atoms with van der Waals surface area (Å²) in [5.74, 6) is -0.287. The van der Waals surface area contributed by atoms with E-state index in [-0.39, 0.29) is 24.2 Å². The van der Waals surface area contributed by atoms with Crippen LogP contribution in [0.2, 0.25) is 0 Å². The molecular formula is C14H20F3N5O2. The Kier molecular flexibility index (Phi) is 6.04. The SMILES string of the molecule is O=C(CNC(=O)Nc1cnn(CC(F)(F)F)c1)NC1CCCCC1. The van der Waals surface area contributed by atoms with Crippen molar-refractivity contribution >= 4 is 17.6 Å². The van der Waals surface area contributed by atoms with E-state index in [1.165, 1.54) is 6.42 Å². The summed E-state index contributed by atoms with van der Waals surface area (Å²) in [6.45, 7) is -1.43. The number of hydrogen-bond donors (Lipinski definition) is 3. The van der Waals surface area contributed by atoms with Crippen molar-refractivity contribution in [2.24, 2.45) is 0 Å². The molecule has 7 nitrogen and oxygen atoms in total. The van der Waals surface area contributed by atoms with Crippen molar-refractivity contribution in [1.29, 1.82) is 0 Å². The zero-order chi connectivity index (χ0) is 17.6. The van der Waals surface area contributed by atoms with Gasteiger partial charge in [-0.3, -0.25) is 9.48 Å². The normalized spacial score (nSPS) is 15.8. The zero-order valence-corrected chi connectivity index (χ0v) is 13.0. The molecule has 1 heterocycles. The van der Waals surface area contributed by atoms with E-state index < -0.39 is 18.8 Å². The van der Waals surface area contributed by atoms with Gasteiger partial charge >= 0.3 is 12.2 Å². The third kappa shape index (κ3) is 6.47. The molecule has 1 aromatic rings. The average molecular weight is 347 g/mol. The minimum absolute atomic E-state index is 0.115. The maximum absolute atomic E-state index is 12.2. The third-order valence-corrected chi connectivity index (χ3v) is 3.61. The van der Waals surface area contributed by atoms with Gasteiger partial charge in [0.2, 0.25) is 5.91 Å². The van der Waals surface area contributed by atoms with Crippen LogP contribution in [0.25, 0.3) is 0 Å². The van der Waals surface area contributed by atoms with Gasteiger partial charge in [0, 0.05) is 12.2 Å². The van der Waals surface area contributed by atoms with Crippen LogP contribution in [-0.2, 0) is 11.3 Å². The van der Waals surface area contributed by atoms with Crippen molar-refractivity contribution in [3.05, 3.63) is 12.4 Å². The summed E-state index contributed by atoms with van der Waals surface area (Å²) in [6.07, 6.45) is 3.01. The standard InChI is InChI=1S/C14H20F3N5O2/c15-14(16,17)9-22-8-11(6-19-22)21-13(24)18-7-12(23)20-10-4-2-1-3-5-10/h6,8,10H,1-5,7,9H2,(H,20,23)(H2,18,21,24). The van der Waals surface area contributed by atoms with Crippen LogP contribution in [0.1, 0.15) is 32.1 Å². The highest BCUT2D eigenvalue weighted by molar-refractivity contribution is 5.92. The lowest BCUT2D eigenvalue weighted by Gasteiger charge is -2.22. The lowest BCUT2D eigenvalue weighted by molar-refractivity contribution is -0.142. The fraction of sp³-hybridized carbons (Fsp3) is 0.643. The molecule has 0 atom stereocenters. The second kappa shape index (κ2) is 8.02. The maximum atomic E-state index is 12.2. The van der Waals surface area contributed by atoms with Gasteiger partial charge in [-0.15, -0.1) is 0 Å². The third-order valence-electron chi connectivity index (χ3n) is 3.61. The molecule has 3 N–H and O–H groups in total. The number of carbonyl (C=O) groups is 2. The molecule has 0 spiro atoms. The highest BCUT2D eigenvalue weighted by Gasteiger charge is 2.28. The van der Waals surface area contributed by atoms with Gasteiger partial charge in [-0.1, -0.05) is 19.3 Å². The molecule has 1 fully saturated rings. The molecule has 134 valence electrons. The van der Waals surface area contributed by atoms with E-state index in [0.29, 0.717) is 4.68 Å². The Hall–Kier alpha value is -2.26. The largest absolute Gasteiger partial charge is 0.408 e. The van der Waals surface area contributed by atoms with Gasteiger partial charge in [-0.2, -0.15) is 18.3 Å². The first-order chi connectivity index (χ1) is 11.3. The first-order valence-electron chi connectivity index (χ1n) is 7.75. The van der Waals surface area contributed by atoms with Gasteiger partial charge in [-0.25, -0.2) is 4.79 Å². The highest BCUT2D eigenvalue weighted by Crippen LogP contribution is 2.18. The zero-order valence-electron chi connectivity index (χ0n) is 13.0. The Balaban J connectivity index is 1.70. The monoisotopic (exact) mass is 347 g/mol. The Labute approximate surface area is 137 Å². The number of amides is 3. The van der Waals surface area contributed by atoms with Crippen molar-refractivity contribution in [3.63, 3.8) is 0 Å². The number of aromatic nitrogens is 2. The van der Waals surface area contributed by atoms with E-state index in [1.54, 1.807) is 0 Å². The van der Waals surface area contributed by atoms with Crippen molar-refractivity contribution in [2.45, 2.75) is 50.9 Å². The second-order valence-corrected chi connectivity index (χ2v) is 5.75. The maximum Gasteiger partial charge on any atom is 0.408 e. The lowest BCUT2D eigenvalue weighted by atomic mass is 9.95. The molecule has 10 heteroatoms. The highest BCUT2D eigenvalue weighted by atomic mass is 19.4. The number of anilines is 1. The van der Waals surface area contributed by atoms with Crippen LogP contribution in [0.15, 0.2) is 12.4 Å². The summed E-state index contributed by atoms with van der Waals surface area (Å²) >= 11 is 0. The van der Waals surface area contributed by atoms with E-state index in [2.05, 4.69) is 21.0 Å². The molecule has 1 aliphatic carbocycles. The predicted octanol–water partition coefficient (Wildman–Crippen LogP) is 2.02. The number of nitrogens with one attached hydrogen (secondary N) is 3. The van der Waals surface area contributed by atoms with Crippen molar-refractivity contribution in [1.82, 2.24) is 20.4 Å². The Morgan fingerprint density at radius 1 is 1.25 bits per heavy atom. The molecule has 0 saturated heterocycles. The second-order valence-electron chi connectivity index (χ2n) is 5.75. The van der Waals surface area contributed by atoms with Gasteiger partial charge in [0.1, 0.15) is 6.54 Å². The summed E-state index contributed by atoms with van der Waals surface area (Å²) in [5, 5.41) is 11.0. The van der Waals surface area contributed by atoms with Gasteiger partial charge in [0.25, 0.3) is 0 Å². The van der Waals surface area contributed by atoms with E-state index in [4.69, 9.17) is 0 Å². The summed E-state index contributed by atoms with van der Waals surface area (Å²) in [5.41, 5.74) is 0.115. The van der Waals surface area contributed by atoms with E-state index in [1.807, 2.05) is 0 Å². The number of urea groups is 1. The lowest BCUT2D eigenvalue weighted by Crippen LogP contribution is -2.43. The molecule has 24 heavy (non-hydrogen) atoms. The summed E-state index contributed by atoms with van der Waals surface area (Å²) in [4.78, 5) is 23.4. The van der Waals surface area contributed by atoms with Crippen LogP contribution in [0, 0.1) is 0 Å². The van der Waals surface area contributed by atoms with Gasteiger partial charge in [0.15, 0.2) is 0 Å². The summed E-state index contributed by atoms with van der Waals surface area (Å²) in [6, 6.07) is -0.530. The molecule has 1 saturated carbocycles. The molecule has 3 amide bonds. The number of nitrogens with zero attached hydrogens (tertiary/aromatic N) is 2. The average Bonchev–Trinajstić information content (AvgIpc) is 2.91. The number of rotatable bonds is 5. The molecule has 0 aliphatic heterocycles. The predicted molar refractivity (Wildman–Crippen MR) is 80.3 cm³/mol. The van der Waals surface area contributed by atoms with Gasteiger partial charge in [-0.05, 0) is 12.8 Å². The Morgan fingerprint density at radius 2 is 1.96 bits per heavy atom. The Morgan fingerprint density at radius 3 is 2.62 bits per heavy atom. The Bertz CT molecular complexity index is 567. The first kappa shape index (κ1) is 18.1. The van der Waals surface area contributed by atoms with E-state index in [9.17, 15) is 22.8 Å². The van der Waals surface area contributed by atoms with Gasteiger partial charge < -0.3 is 16.0 Å². The number of halogens is 3. The molecule has 0 bridgehead atoms. The topological polar surface area (TPSA) is 88.1 Å². The molecule has 0 aromatic carbocycles. The molecule has 0 radical (unpaired) electrons. The minimum Gasteiger partial charge on any atom is -0.352 e.